The number of halogens is 1. The van der Waals surface area contributed by atoms with E-state index in [1.54, 1.807) is 63.4 Å². The molecule has 0 saturated heterocycles. The van der Waals surface area contributed by atoms with Crippen LogP contribution in [0.3, 0.4) is 0 Å². The van der Waals surface area contributed by atoms with Gasteiger partial charge in [-0.2, -0.15) is 0 Å². The Morgan fingerprint density at radius 3 is 2.41 bits per heavy atom. The Balaban J connectivity index is 2.19. The highest BCUT2D eigenvalue weighted by Gasteiger charge is 2.42. The first-order chi connectivity index (χ1) is 17.4. The number of nitrogens with zero attached hydrogens (tertiary/aromatic N) is 2. The fraction of sp³-hybridized carbons (Fsp3) is 0.400. The number of sulfone groups is 1. The van der Waals surface area contributed by atoms with Crippen molar-refractivity contribution in [2.24, 2.45) is 0 Å². The highest BCUT2D eigenvalue weighted by molar-refractivity contribution is 7.91. The summed E-state index contributed by atoms with van der Waals surface area (Å²) in [6.07, 6.45) is 0.968. The first-order valence-corrected chi connectivity index (χ1v) is 14.0. The Morgan fingerprint density at radius 2 is 1.81 bits per heavy atom. The van der Waals surface area contributed by atoms with Gasteiger partial charge in [0.2, 0.25) is 11.8 Å². The molecule has 1 aliphatic heterocycles. The molecule has 0 aromatic heterocycles. The van der Waals surface area contributed by atoms with Crippen molar-refractivity contribution in [3.63, 3.8) is 0 Å². The van der Waals surface area contributed by atoms with Gasteiger partial charge in [0.05, 0.1) is 37.1 Å². The molecule has 0 radical (unpaired) electrons. The van der Waals surface area contributed by atoms with Gasteiger partial charge in [0.25, 0.3) is 5.91 Å². The van der Waals surface area contributed by atoms with Crippen LogP contribution in [0.4, 0.5) is 11.4 Å². The van der Waals surface area contributed by atoms with Gasteiger partial charge in [0.1, 0.15) is 17.5 Å². The van der Waals surface area contributed by atoms with Crippen molar-refractivity contribution in [3.8, 4) is 5.75 Å². The fourth-order valence-electron chi connectivity index (χ4n) is 4.21. The number of para-hydroxylation sites is 2. The predicted molar refractivity (Wildman–Crippen MR) is 143 cm³/mol. The molecule has 1 aliphatic rings. The lowest BCUT2D eigenvalue weighted by molar-refractivity contribution is -0.129. The average molecular weight is 551 g/mol. The summed E-state index contributed by atoms with van der Waals surface area (Å²) in [6, 6.07) is 9.03. The molecule has 2 N–H and O–H groups in total. The van der Waals surface area contributed by atoms with Gasteiger partial charge in [0, 0.05) is 16.8 Å². The van der Waals surface area contributed by atoms with Crippen molar-refractivity contribution in [1.29, 1.82) is 0 Å². The third-order valence-corrected chi connectivity index (χ3v) is 7.21. The first-order valence-electron chi connectivity index (χ1n) is 11.6. The van der Waals surface area contributed by atoms with Gasteiger partial charge in [0.15, 0.2) is 9.84 Å². The van der Waals surface area contributed by atoms with E-state index in [2.05, 4.69) is 10.6 Å². The molecule has 0 aliphatic carbocycles. The van der Waals surface area contributed by atoms with Crippen molar-refractivity contribution in [3.05, 3.63) is 53.1 Å². The van der Waals surface area contributed by atoms with E-state index in [9.17, 15) is 22.8 Å². The van der Waals surface area contributed by atoms with Gasteiger partial charge in [-0.05, 0) is 51.2 Å². The molecule has 0 fully saturated rings. The second kappa shape index (κ2) is 11.5. The summed E-state index contributed by atoms with van der Waals surface area (Å²) in [5.74, 6) is -1.89. The molecule has 200 valence electrons. The van der Waals surface area contributed by atoms with Crippen LogP contribution in [0.2, 0.25) is 5.02 Å². The van der Waals surface area contributed by atoms with Crippen LogP contribution in [0.5, 0.6) is 5.75 Å². The SMILES string of the molecule is CNC(C)C(=O)NC1C(=O)N(Cc2cc(Cl)ccc2OC)c2ccccc2N(C(=O)CS(C)(=O)=O)C1C. The first kappa shape index (κ1) is 28.4. The van der Waals surface area contributed by atoms with Gasteiger partial charge in [-0.15, -0.1) is 0 Å². The summed E-state index contributed by atoms with van der Waals surface area (Å²) in [5.41, 5.74) is 1.33. The molecular weight excluding hydrogens is 520 g/mol. The van der Waals surface area contributed by atoms with Crippen LogP contribution >= 0.6 is 11.6 Å². The molecule has 3 atom stereocenters. The number of amides is 3. The van der Waals surface area contributed by atoms with Crippen LogP contribution in [0.15, 0.2) is 42.5 Å². The Bertz CT molecular complexity index is 1300. The monoisotopic (exact) mass is 550 g/mol. The number of ether oxygens (including phenoxy) is 1. The zero-order valence-electron chi connectivity index (χ0n) is 21.3. The largest absolute Gasteiger partial charge is 0.496 e. The van der Waals surface area contributed by atoms with Gasteiger partial charge in [-0.1, -0.05) is 23.7 Å². The molecule has 1 heterocycles. The molecule has 0 bridgehead atoms. The van der Waals surface area contributed by atoms with Gasteiger partial charge >= 0.3 is 0 Å². The van der Waals surface area contributed by atoms with Crippen LogP contribution in [0.25, 0.3) is 0 Å². The molecule has 37 heavy (non-hydrogen) atoms. The van der Waals surface area contributed by atoms with Crippen molar-refractivity contribution in [1.82, 2.24) is 10.6 Å². The van der Waals surface area contributed by atoms with E-state index in [1.807, 2.05) is 0 Å². The molecule has 2 aromatic rings. The van der Waals surface area contributed by atoms with Gasteiger partial charge in [-0.25, -0.2) is 8.42 Å². The minimum atomic E-state index is -3.68. The van der Waals surface area contributed by atoms with Crippen molar-refractivity contribution < 1.29 is 27.5 Å². The summed E-state index contributed by atoms with van der Waals surface area (Å²) in [4.78, 5) is 43.0. The molecular formula is C25H31ClN4O6S. The van der Waals surface area contributed by atoms with E-state index in [4.69, 9.17) is 16.3 Å². The smallest absolute Gasteiger partial charge is 0.252 e. The van der Waals surface area contributed by atoms with E-state index in [1.165, 1.54) is 16.9 Å². The Morgan fingerprint density at radius 1 is 1.16 bits per heavy atom. The molecule has 3 rings (SSSR count). The van der Waals surface area contributed by atoms with Gasteiger partial charge in [-0.3, -0.25) is 14.4 Å². The molecule has 0 saturated carbocycles. The number of benzene rings is 2. The van der Waals surface area contributed by atoms with Crippen molar-refractivity contribution in [2.75, 3.05) is 36.0 Å². The minimum Gasteiger partial charge on any atom is -0.496 e. The summed E-state index contributed by atoms with van der Waals surface area (Å²) >= 11 is 6.23. The molecule has 12 heteroatoms. The second-order valence-corrected chi connectivity index (χ2v) is 11.5. The molecule has 3 unspecified atom stereocenters. The molecule has 2 aromatic carbocycles. The van der Waals surface area contributed by atoms with Crippen LogP contribution in [-0.4, -0.2) is 70.4 Å². The zero-order valence-corrected chi connectivity index (χ0v) is 22.9. The highest BCUT2D eigenvalue weighted by atomic mass is 35.5. The normalized spacial score (nSPS) is 18.6. The number of carbonyl (C=O) groups is 3. The predicted octanol–water partition coefficient (Wildman–Crippen LogP) is 1.75. The maximum Gasteiger partial charge on any atom is 0.252 e. The number of anilines is 2. The molecule has 0 spiro atoms. The number of carbonyl (C=O) groups excluding carboxylic acids is 3. The lowest BCUT2D eigenvalue weighted by Gasteiger charge is -2.32. The summed E-state index contributed by atoms with van der Waals surface area (Å²) in [5, 5.41) is 6.02. The summed E-state index contributed by atoms with van der Waals surface area (Å²) in [7, 11) is -0.566. The maximum absolute atomic E-state index is 14.1. The van der Waals surface area contributed by atoms with Crippen molar-refractivity contribution in [2.45, 2.75) is 38.5 Å². The highest BCUT2D eigenvalue weighted by Crippen LogP contribution is 2.37. The average Bonchev–Trinajstić information content (AvgIpc) is 2.91. The van der Waals surface area contributed by atoms with E-state index < -0.39 is 51.4 Å². The van der Waals surface area contributed by atoms with Crippen LogP contribution in [0, 0.1) is 0 Å². The van der Waals surface area contributed by atoms with Crippen LogP contribution < -0.4 is 25.2 Å². The standard InChI is InChI=1S/C25H31ClN4O6S/c1-15(27-3)24(32)28-23-16(2)30(22(31)14-37(5,34)35)20-9-7-6-8-19(20)29(25(23)33)13-17-12-18(26)10-11-21(17)36-4/h6-12,15-16,23,27H,13-14H2,1-5H3,(H,28,32). The van der Waals surface area contributed by atoms with Gasteiger partial charge < -0.3 is 25.2 Å². The minimum absolute atomic E-state index is 0.0222. The third-order valence-electron chi connectivity index (χ3n) is 6.20. The van der Waals surface area contributed by atoms with Crippen LogP contribution in [0.1, 0.15) is 19.4 Å². The molecule has 10 nitrogen and oxygen atoms in total. The van der Waals surface area contributed by atoms with E-state index in [0.717, 1.165) is 6.26 Å². The Kier molecular flexibility index (Phi) is 8.83. The number of hydrogen-bond acceptors (Lipinski definition) is 7. The second-order valence-electron chi connectivity index (χ2n) is 8.94. The number of rotatable bonds is 8. The third kappa shape index (κ3) is 6.41. The number of fused-ring (bicyclic) bond motifs is 1. The number of likely N-dealkylation sites (N-methyl/N-ethyl adjacent to an activating group) is 1. The fourth-order valence-corrected chi connectivity index (χ4v) is 4.99. The van der Waals surface area contributed by atoms with E-state index in [-0.39, 0.29) is 6.54 Å². The summed E-state index contributed by atoms with van der Waals surface area (Å²) in [6.45, 7) is 3.26. The quantitative estimate of drug-likeness (QED) is 0.513. The van der Waals surface area contributed by atoms with E-state index >= 15 is 0 Å². The number of nitrogens with one attached hydrogen (secondary N) is 2. The topological polar surface area (TPSA) is 125 Å². The summed E-state index contributed by atoms with van der Waals surface area (Å²) < 4.78 is 29.5. The lowest BCUT2D eigenvalue weighted by Crippen LogP contribution is -2.60. The number of hydrogen-bond donors (Lipinski definition) is 2. The zero-order chi connectivity index (χ0) is 27.5. The molecule has 3 amide bonds. The van der Waals surface area contributed by atoms with Crippen molar-refractivity contribution >= 4 is 50.5 Å². The Hall–Kier alpha value is -3.15. The number of methoxy groups -OCH3 is 1. The van der Waals surface area contributed by atoms with E-state index in [0.29, 0.717) is 27.7 Å². The maximum atomic E-state index is 14.1. The lowest BCUT2D eigenvalue weighted by atomic mass is 10.1. The Labute approximate surface area is 221 Å². The van der Waals surface area contributed by atoms with Crippen LogP contribution in [-0.2, 0) is 30.8 Å².